The lowest BCUT2D eigenvalue weighted by Crippen LogP contribution is -2.20. The second-order valence-electron chi connectivity index (χ2n) is 7.87. The van der Waals surface area contributed by atoms with Crippen molar-refractivity contribution < 1.29 is 18.7 Å². The van der Waals surface area contributed by atoms with Crippen LogP contribution in [-0.2, 0) is 4.74 Å². The third-order valence-electron chi connectivity index (χ3n) is 5.68. The van der Waals surface area contributed by atoms with Crippen LogP contribution in [0.4, 0.5) is 0 Å². The lowest BCUT2D eigenvalue weighted by molar-refractivity contribution is 0.0470. The number of carbonyl (C=O) groups excluding carboxylic acids is 2. The monoisotopic (exact) mass is 429 g/mol. The van der Waals surface area contributed by atoms with E-state index in [2.05, 4.69) is 6.07 Å². The minimum atomic E-state index is -0.888. The van der Waals surface area contributed by atoms with Crippen LogP contribution in [0.15, 0.2) is 63.8 Å². The zero-order chi connectivity index (χ0) is 23.0. The highest BCUT2D eigenvalue weighted by atomic mass is 16.5. The van der Waals surface area contributed by atoms with Gasteiger partial charge in [-0.15, -0.1) is 0 Å². The lowest BCUT2D eigenvalue weighted by atomic mass is 10.1. The van der Waals surface area contributed by atoms with Gasteiger partial charge in [-0.05, 0) is 69.2 Å². The molecule has 0 saturated heterocycles. The summed E-state index contributed by atoms with van der Waals surface area (Å²) in [6.45, 7) is 7.40. The van der Waals surface area contributed by atoms with Crippen LogP contribution < -0.4 is 5.63 Å². The number of ether oxygens (including phenoxy) is 1. The molecule has 2 aromatic carbocycles. The van der Waals surface area contributed by atoms with Gasteiger partial charge in [0.2, 0.25) is 5.78 Å². The molecule has 0 unspecified atom stereocenters. The summed E-state index contributed by atoms with van der Waals surface area (Å²) in [6.07, 6.45) is 0. The molecular weight excluding hydrogens is 406 g/mol. The highest BCUT2D eigenvalue weighted by molar-refractivity contribution is 6.01. The molecule has 2 heterocycles. The number of esters is 1. The van der Waals surface area contributed by atoms with Crippen molar-refractivity contribution in [3.63, 3.8) is 0 Å². The molecule has 0 N–H and O–H groups in total. The molecule has 0 aliphatic carbocycles. The third-order valence-corrected chi connectivity index (χ3v) is 5.68. The molecule has 0 bridgehead atoms. The van der Waals surface area contributed by atoms with E-state index in [9.17, 15) is 14.4 Å². The van der Waals surface area contributed by atoms with Crippen molar-refractivity contribution in [1.82, 2.24) is 4.57 Å². The molecule has 4 aromatic rings. The SMILES string of the molecule is Cc1ccc(-n2c(C)cc(C(=O)COC(=O)c3cc4ccccc4oc3=O)c2C)cc1C. The highest BCUT2D eigenvalue weighted by Gasteiger charge is 2.21. The Hall–Kier alpha value is -3.93. The van der Waals surface area contributed by atoms with Crippen LogP contribution in [0.3, 0.4) is 0 Å². The Morgan fingerprint density at radius 1 is 0.906 bits per heavy atom. The Labute approximate surface area is 185 Å². The van der Waals surface area contributed by atoms with E-state index in [4.69, 9.17) is 9.15 Å². The summed E-state index contributed by atoms with van der Waals surface area (Å²) in [5, 5.41) is 0.599. The minimum Gasteiger partial charge on any atom is -0.453 e. The van der Waals surface area contributed by atoms with Gasteiger partial charge in [-0.3, -0.25) is 4.79 Å². The summed E-state index contributed by atoms with van der Waals surface area (Å²) in [5.41, 5.74) is 4.79. The van der Waals surface area contributed by atoms with Crippen LogP contribution in [0, 0.1) is 27.7 Å². The van der Waals surface area contributed by atoms with Crippen molar-refractivity contribution >= 4 is 22.7 Å². The van der Waals surface area contributed by atoms with E-state index in [1.165, 1.54) is 11.6 Å². The Balaban J connectivity index is 1.55. The van der Waals surface area contributed by atoms with E-state index >= 15 is 0 Å². The highest BCUT2D eigenvalue weighted by Crippen LogP contribution is 2.23. The van der Waals surface area contributed by atoms with E-state index < -0.39 is 18.2 Å². The third kappa shape index (κ3) is 3.87. The fourth-order valence-electron chi connectivity index (χ4n) is 3.80. The number of hydrogen-bond acceptors (Lipinski definition) is 5. The Morgan fingerprint density at radius 3 is 2.41 bits per heavy atom. The number of rotatable bonds is 5. The molecule has 0 radical (unpaired) electrons. The van der Waals surface area contributed by atoms with Gasteiger partial charge < -0.3 is 13.7 Å². The minimum absolute atomic E-state index is 0.239. The van der Waals surface area contributed by atoms with Gasteiger partial charge in [-0.1, -0.05) is 24.3 Å². The number of para-hydroxylation sites is 1. The fourth-order valence-corrected chi connectivity index (χ4v) is 3.80. The number of Topliss-reactive ketones (excluding diaryl/α,β-unsaturated/α-hetero) is 1. The van der Waals surface area contributed by atoms with Gasteiger partial charge in [-0.2, -0.15) is 0 Å². The first-order valence-corrected chi connectivity index (χ1v) is 10.3. The Bertz CT molecular complexity index is 1420. The number of carbonyl (C=O) groups is 2. The molecule has 0 amide bonds. The quantitative estimate of drug-likeness (QED) is 0.257. The predicted octanol–water partition coefficient (Wildman–Crippen LogP) is 4.86. The number of nitrogens with zero attached hydrogens (tertiary/aromatic N) is 1. The first-order chi connectivity index (χ1) is 15.3. The summed E-state index contributed by atoms with van der Waals surface area (Å²) >= 11 is 0. The van der Waals surface area contributed by atoms with E-state index in [1.807, 2.05) is 44.4 Å². The topological polar surface area (TPSA) is 78.5 Å². The molecule has 32 heavy (non-hydrogen) atoms. The number of benzene rings is 2. The second kappa shape index (κ2) is 8.30. The number of aryl methyl sites for hydroxylation is 3. The van der Waals surface area contributed by atoms with E-state index in [-0.39, 0.29) is 11.3 Å². The van der Waals surface area contributed by atoms with Crippen molar-refractivity contribution in [3.8, 4) is 5.69 Å². The number of ketones is 1. The fraction of sp³-hybridized carbons (Fsp3) is 0.192. The summed E-state index contributed by atoms with van der Waals surface area (Å²) in [6, 6.07) is 16.2. The Morgan fingerprint density at radius 2 is 1.66 bits per heavy atom. The van der Waals surface area contributed by atoms with Gasteiger partial charge in [0.05, 0.1) is 0 Å². The molecule has 0 aliphatic heterocycles. The maximum Gasteiger partial charge on any atom is 0.351 e. The van der Waals surface area contributed by atoms with Crippen molar-refractivity contribution in [2.75, 3.05) is 6.61 Å². The summed E-state index contributed by atoms with van der Waals surface area (Å²) in [5.74, 6) is -1.23. The van der Waals surface area contributed by atoms with E-state index in [0.717, 1.165) is 22.6 Å². The molecule has 0 aliphatic rings. The first-order valence-electron chi connectivity index (χ1n) is 10.3. The van der Waals surface area contributed by atoms with Crippen LogP contribution in [0.2, 0.25) is 0 Å². The second-order valence-corrected chi connectivity index (χ2v) is 7.87. The Kier molecular flexibility index (Phi) is 5.53. The molecule has 0 spiro atoms. The number of fused-ring (bicyclic) bond motifs is 1. The average molecular weight is 429 g/mol. The van der Waals surface area contributed by atoms with E-state index in [1.54, 1.807) is 30.3 Å². The molecule has 6 nitrogen and oxygen atoms in total. The largest absolute Gasteiger partial charge is 0.453 e. The van der Waals surface area contributed by atoms with Gasteiger partial charge in [0.1, 0.15) is 11.1 Å². The molecule has 6 heteroatoms. The van der Waals surface area contributed by atoms with E-state index in [0.29, 0.717) is 16.5 Å². The molecule has 4 rings (SSSR count). The van der Waals surface area contributed by atoms with Crippen molar-refractivity contribution in [1.29, 1.82) is 0 Å². The average Bonchev–Trinajstić information content (AvgIpc) is 3.07. The molecule has 2 aromatic heterocycles. The van der Waals surface area contributed by atoms with Gasteiger partial charge in [0, 0.05) is 28.0 Å². The number of aromatic nitrogens is 1. The van der Waals surface area contributed by atoms with Crippen LogP contribution in [-0.4, -0.2) is 22.9 Å². The molecular formula is C26H23NO5. The van der Waals surface area contributed by atoms with Crippen molar-refractivity contribution in [2.45, 2.75) is 27.7 Å². The molecule has 162 valence electrons. The standard InChI is InChI=1S/C26H23NO5/c1-15-9-10-20(11-16(15)2)27-17(3)12-21(18(27)4)23(28)14-31-25(29)22-13-19-7-5-6-8-24(19)32-26(22)30/h5-13H,14H2,1-4H3. The van der Waals surface area contributed by atoms with Crippen molar-refractivity contribution in [3.05, 3.63) is 98.7 Å². The van der Waals surface area contributed by atoms with Crippen LogP contribution >= 0.6 is 0 Å². The summed E-state index contributed by atoms with van der Waals surface area (Å²) in [7, 11) is 0. The first kappa shape index (κ1) is 21.3. The lowest BCUT2D eigenvalue weighted by Gasteiger charge is -2.12. The van der Waals surface area contributed by atoms with Crippen LogP contribution in [0.5, 0.6) is 0 Å². The zero-order valence-electron chi connectivity index (χ0n) is 18.4. The number of hydrogen-bond donors (Lipinski definition) is 0. The van der Waals surface area contributed by atoms with Gasteiger partial charge in [0.25, 0.3) is 0 Å². The predicted molar refractivity (Wildman–Crippen MR) is 122 cm³/mol. The van der Waals surface area contributed by atoms with Gasteiger partial charge >= 0.3 is 11.6 Å². The summed E-state index contributed by atoms with van der Waals surface area (Å²) < 4.78 is 12.3. The summed E-state index contributed by atoms with van der Waals surface area (Å²) in [4.78, 5) is 37.4. The molecule has 0 fully saturated rings. The molecule has 0 atom stereocenters. The van der Waals surface area contributed by atoms with Crippen LogP contribution in [0.1, 0.15) is 43.2 Å². The van der Waals surface area contributed by atoms with Crippen LogP contribution in [0.25, 0.3) is 16.7 Å². The zero-order valence-corrected chi connectivity index (χ0v) is 18.4. The smallest absolute Gasteiger partial charge is 0.351 e. The normalized spacial score (nSPS) is 11.0. The maximum absolute atomic E-state index is 12.8. The van der Waals surface area contributed by atoms with Gasteiger partial charge in [0.15, 0.2) is 6.61 Å². The molecule has 0 saturated carbocycles. The van der Waals surface area contributed by atoms with Gasteiger partial charge in [-0.25, -0.2) is 9.59 Å². The van der Waals surface area contributed by atoms with Crippen molar-refractivity contribution in [2.24, 2.45) is 0 Å². The maximum atomic E-state index is 12.8.